The minimum Gasteiger partial charge on any atom is -0.277 e. The molecular weight excluding hydrogens is 252 g/mol. The van der Waals surface area contributed by atoms with Gasteiger partial charge in [0.1, 0.15) is 0 Å². The van der Waals surface area contributed by atoms with Crippen molar-refractivity contribution in [2.24, 2.45) is 5.92 Å². The normalized spacial score (nSPS) is 11.6. The summed E-state index contributed by atoms with van der Waals surface area (Å²) in [5.74, 6) is -0.658. The third kappa shape index (κ3) is 3.54. The number of rotatable bonds is 4. The van der Waals surface area contributed by atoms with Crippen molar-refractivity contribution in [1.82, 2.24) is 10.3 Å². The van der Waals surface area contributed by atoms with Crippen LogP contribution in [0.5, 0.6) is 0 Å². The minimum absolute atomic E-state index is 0.134. The van der Waals surface area contributed by atoms with Gasteiger partial charge in [0.25, 0.3) is 10.0 Å². The van der Waals surface area contributed by atoms with Gasteiger partial charge in [-0.1, -0.05) is 19.9 Å². The summed E-state index contributed by atoms with van der Waals surface area (Å²) in [6.07, 6.45) is 0. The molecule has 0 unspecified atom stereocenters. The van der Waals surface area contributed by atoms with E-state index in [0.717, 1.165) is 11.1 Å². The van der Waals surface area contributed by atoms with Gasteiger partial charge < -0.3 is 0 Å². The molecule has 1 aromatic rings. The maximum atomic E-state index is 11.9. The van der Waals surface area contributed by atoms with E-state index in [9.17, 15) is 13.2 Å². The number of amides is 1. The zero-order valence-electron chi connectivity index (χ0n) is 10.9. The molecule has 0 saturated heterocycles. The lowest BCUT2D eigenvalue weighted by molar-refractivity contribution is -0.124. The minimum atomic E-state index is -3.71. The van der Waals surface area contributed by atoms with Crippen LogP contribution in [0.2, 0.25) is 0 Å². The van der Waals surface area contributed by atoms with Gasteiger partial charge in [0.05, 0.1) is 4.90 Å². The number of sulfonamides is 1. The van der Waals surface area contributed by atoms with Gasteiger partial charge in [-0.2, -0.15) is 0 Å². The molecule has 6 heteroatoms. The summed E-state index contributed by atoms with van der Waals surface area (Å²) in [6.45, 7) is 7.10. The van der Waals surface area contributed by atoms with Gasteiger partial charge in [-0.3, -0.25) is 10.2 Å². The SMILES string of the molecule is Cc1ccc(S(=O)(=O)NNC(=O)C(C)C)cc1C. The Bertz CT molecular complexity index is 550. The van der Waals surface area contributed by atoms with Crippen LogP contribution in [-0.2, 0) is 14.8 Å². The first-order valence-corrected chi connectivity index (χ1v) is 7.11. The third-order valence-corrected chi connectivity index (χ3v) is 3.87. The van der Waals surface area contributed by atoms with E-state index in [1.807, 2.05) is 13.8 Å². The second-order valence-corrected chi connectivity index (χ2v) is 6.18. The standard InChI is InChI=1S/C12H18N2O3S/c1-8(2)12(15)13-14-18(16,17)11-6-5-9(3)10(4)7-11/h5-8,14H,1-4H3,(H,13,15). The van der Waals surface area contributed by atoms with E-state index in [-0.39, 0.29) is 16.7 Å². The van der Waals surface area contributed by atoms with Crippen molar-refractivity contribution in [1.29, 1.82) is 0 Å². The Kier molecular flexibility index (Phi) is 4.48. The molecular formula is C12H18N2O3S. The Morgan fingerprint density at radius 3 is 2.28 bits per heavy atom. The Morgan fingerprint density at radius 2 is 1.78 bits per heavy atom. The van der Waals surface area contributed by atoms with Gasteiger partial charge in [0.2, 0.25) is 5.91 Å². The maximum absolute atomic E-state index is 11.9. The molecule has 100 valence electrons. The van der Waals surface area contributed by atoms with Crippen LogP contribution in [-0.4, -0.2) is 14.3 Å². The van der Waals surface area contributed by atoms with Crippen LogP contribution >= 0.6 is 0 Å². The number of carbonyl (C=O) groups excluding carboxylic acids is 1. The number of nitrogens with one attached hydrogen (secondary N) is 2. The van der Waals surface area contributed by atoms with Gasteiger partial charge in [-0.15, -0.1) is 4.83 Å². The number of hydrogen-bond donors (Lipinski definition) is 2. The first-order chi connectivity index (χ1) is 8.24. The molecule has 0 heterocycles. The van der Waals surface area contributed by atoms with E-state index in [2.05, 4.69) is 10.3 Å². The molecule has 0 fully saturated rings. The van der Waals surface area contributed by atoms with Gasteiger partial charge in [0.15, 0.2) is 0 Å². The number of hydrazine groups is 1. The van der Waals surface area contributed by atoms with Crippen LogP contribution in [0.4, 0.5) is 0 Å². The highest BCUT2D eigenvalue weighted by atomic mass is 32.2. The average Bonchev–Trinajstić information content (AvgIpc) is 2.29. The Morgan fingerprint density at radius 1 is 1.17 bits per heavy atom. The molecule has 18 heavy (non-hydrogen) atoms. The van der Waals surface area contributed by atoms with Crippen LogP contribution in [0.3, 0.4) is 0 Å². The molecule has 0 aliphatic heterocycles. The van der Waals surface area contributed by atoms with Crippen molar-refractivity contribution in [2.45, 2.75) is 32.6 Å². The fourth-order valence-electron chi connectivity index (χ4n) is 1.20. The van der Waals surface area contributed by atoms with E-state index >= 15 is 0 Å². The number of benzene rings is 1. The summed E-state index contributed by atoms with van der Waals surface area (Å²) in [5, 5.41) is 0. The van der Waals surface area contributed by atoms with Gasteiger partial charge in [0, 0.05) is 5.92 Å². The molecule has 2 N–H and O–H groups in total. The zero-order chi connectivity index (χ0) is 13.9. The molecule has 5 nitrogen and oxygen atoms in total. The van der Waals surface area contributed by atoms with Gasteiger partial charge in [-0.25, -0.2) is 8.42 Å². The van der Waals surface area contributed by atoms with Crippen molar-refractivity contribution in [3.8, 4) is 0 Å². The lowest BCUT2D eigenvalue weighted by atomic mass is 10.1. The van der Waals surface area contributed by atoms with Crippen LogP contribution in [0.15, 0.2) is 23.1 Å². The highest BCUT2D eigenvalue weighted by Crippen LogP contribution is 2.14. The van der Waals surface area contributed by atoms with E-state index in [0.29, 0.717) is 0 Å². The van der Waals surface area contributed by atoms with Crippen molar-refractivity contribution >= 4 is 15.9 Å². The van der Waals surface area contributed by atoms with Crippen molar-refractivity contribution in [2.75, 3.05) is 0 Å². The monoisotopic (exact) mass is 270 g/mol. The molecule has 0 spiro atoms. The molecule has 0 radical (unpaired) electrons. The predicted molar refractivity (Wildman–Crippen MR) is 69.2 cm³/mol. The Balaban J connectivity index is 2.87. The van der Waals surface area contributed by atoms with Crippen LogP contribution < -0.4 is 10.3 Å². The molecule has 1 aromatic carbocycles. The fourth-order valence-corrected chi connectivity index (χ4v) is 2.13. The first kappa shape index (κ1) is 14.7. The average molecular weight is 270 g/mol. The summed E-state index contributed by atoms with van der Waals surface area (Å²) >= 11 is 0. The van der Waals surface area contributed by atoms with E-state index < -0.39 is 10.0 Å². The second-order valence-electron chi connectivity index (χ2n) is 4.50. The van der Waals surface area contributed by atoms with E-state index in [4.69, 9.17) is 0 Å². The summed E-state index contributed by atoms with van der Waals surface area (Å²) in [4.78, 5) is 13.5. The molecule has 0 aliphatic rings. The molecule has 0 aliphatic carbocycles. The van der Waals surface area contributed by atoms with Crippen molar-refractivity contribution in [3.63, 3.8) is 0 Å². The zero-order valence-corrected chi connectivity index (χ0v) is 11.8. The van der Waals surface area contributed by atoms with E-state index in [1.165, 1.54) is 6.07 Å². The van der Waals surface area contributed by atoms with Crippen molar-refractivity contribution in [3.05, 3.63) is 29.3 Å². The number of carbonyl (C=O) groups is 1. The Labute approximate surface area is 108 Å². The molecule has 1 amide bonds. The topological polar surface area (TPSA) is 75.3 Å². The summed E-state index contributed by atoms with van der Waals surface area (Å²) in [5.41, 5.74) is 4.07. The molecule has 0 atom stereocenters. The van der Waals surface area contributed by atoms with Gasteiger partial charge >= 0.3 is 0 Å². The fraction of sp³-hybridized carbons (Fsp3) is 0.417. The first-order valence-electron chi connectivity index (χ1n) is 5.63. The lowest BCUT2D eigenvalue weighted by Gasteiger charge is -2.11. The highest BCUT2D eigenvalue weighted by Gasteiger charge is 2.16. The summed E-state index contributed by atoms with van der Waals surface area (Å²) in [6, 6.07) is 4.81. The summed E-state index contributed by atoms with van der Waals surface area (Å²) < 4.78 is 23.8. The van der Waals surface area contributed by atoms with Crippen LogP contribution in [0.1, 0.15) is 25.0 Å². The van der Waals surface area contributed by atoms with Crippen LogP contribution in [0, 0.1) is 19.8 Å². The third-order valence-electron chi connectivity index (χ3n) is 2.62. The number of hydrogen-bond acceptors (Lipinski definition) is 3. The number of aryl methyl sites for hydroxylation is 2. The summed E-state index contributed by atoms with van der Waals surface area (Å²) in [7, 11) is -3.71. The highest BCUT2D eigenvalue weighted by molar-refractivity contribution is 7.89. The lowest BCUT2D eigenvalue weighted by Crippen LogP contribution is -2.43. The maximum Gasteiger partial charge on any atom is 0.257 e. The van der Waals surface area contributed by atoms with Crippen LogP contribution in [0.25, 0.3) is 0 Å². The molecule has 0 bridgehead atoms. The quantitative estimate of drug-likeness (QED) is 0.809. The molecule has 1 rings (SSSR count). The predicted octanol–water partition coefficient (Wildman–Crippen LogP) is 1.27. The Hall–Kier alpha value is -1.40. The largest absolute Gasteiger partial charge is 0.277 e. The van der Waals surface area contributed by atoms with E-state index in [1.54, 1.807) is 26.0 Å². The second kappa shape index (κ2) is 5.49. The molecule has 0 aromatic heterocycles. The molecule has 0 saturated carbocycles. The van der Waals surface area contributed by atoms with Crippen molar-refractivity contribution < 1.29 is 13.2 Å². The van der Waals surface area contributed by atoms with Gasteiger partial charge in [-0.05, 0) is 37.1 Å². The smallest absolute Gasteiger partial charge is 0.257 e.